The monoisotopic (exact) mass is 391 g/mol. The first kappa shape index (κ1) is 18.5. The van der Waals surface area contributed by atoms with Gasteiger partial charge in [0.25, 0.3) is 0 Å². The molecular weight excluding hydrogens is 370 g/mol. The minimum atomic E-state index is -0.324. The fourth-order valence-corrected chi connectivity index (χ4v) is 4.08. The van der Waals surface area contributed by atoms with Crippen LogP contribution in [0.25, 0.3) is 22.4 Å². The zero-order valence-electron chi connectivity index (χ0n) is 16.3. The predicted molar refractivity (Wildman–Crippen MR) is 113 cm³/mol. The Kier molecular flexibility index (Phi) is 4.81. The van der Waals surface area contributed by atoms with Crippen molar-refractivity contribution in [1.29, 1.82) is 0 Å². The number of rotatable bonds is 4. The molecule has 0 aliphatic heterocycles. The maximum atomic E-state index is 12.1. The molecule has 4 rings (SSSR count). The predicted octanol–water partition coefficient (Wildman–Crippen LogP) is 4.81. The van der Waals surface area contributed by atoms with E-state index < -0.39 is 0 Å². The van der Waals surface area contributed by atoms with Crippen molar-refractivity contribution in [3.05, 3.63) is 75.1 Å². The third-order valence-corrected chi connectivity index (χ3v) is 6.09. The van der Waals surface area contributed by atoms with E-state index in [2.05, 4.69) is 47.5 Å². The Morgan fingerprint density at radius 2 is 1.79 bits per heavy atom. The largest absolute Gasteiger partial charge is 0.422 e. The molecule has 2 heterocycles. The summed E-state index contributed by atoms with van der Waals surface area (Å²) in [5.41, 5.74) is 5.64. The SMILES string of the molecule is Cc1ccc(-c2nnc(SCc3cc(=O)oc4c(C)c(C)ccc34)n2C)cc1. The summed E-state index contributed by atoms with van der Waals surface area (Å²) in [5, 5.41) is 10.5. The number of aromatic nitrogens is 3. The summed E-state index contributed by atoms with van der Waals surface area (Å²) < 4.78 is 7.45. The van der Waals surface area contributed by atoms with Crippen molar-refractivity contribution in [3.8, 4) is 11.4 Å². The first-order valence-corrected chi connectivity index (χ1v) is 10.0. The molecule has 0 spiro atoms. The molecule has 0 N–H and O–H groups in total. The van der Waals surface area contributed by atoms with Crippen molar-refractivity contribution in [3.63, 3.8) is 0 Å². The molecule has 0 saturated heterocycles. The third-order valence-electron chi connectivity index (χ3n) is 5.02. The lowest BCUT2D eigenvalue weighted by Crippen LogP contribution is -2.02. The lowest BCUT2D eigenvalue weighted by Gasteiger charge is -2.09. The van der Waals surface area contributed by atoms with E-state index in [1.54, 1.807) is 17.8 Å². The highest BCUT2D eigenvalue weighted by molar-refractivity contribution is 7.98. The summed E-state index contributed by atoms with van der Waals surface area (Å²) in [6, 6.07) is 13.9. The van der Waals surface area contributed by atoms with Crippen LogP contribution in [-0.4, -0.2) is 14.8 Å². The van der Waals surface area contributed by atoms with Gasteiger partial charge in [0.1, 0.15) is 5.58 Å². The summed E-state index contributed by atoms with van der Waals surface area (Å²) >= 11 is 1.56. The molecule has 0 amide bonds. The lowest BCUT2D eigenvalue weighted by atomic mass is 10.0. The number of benzene rings is 2. The topological polar surface area (TPSA) is 60.9 Å². The highest BCUT2D eigenvalue weighted by Gasteiger charge is 2.14. The van der Waals surface area contributed by atoms with E-state index in [9.17, 15) is 4.79 Å². The van der Waals surface area contributed by atoms with Gasteiger partial charge in [0.15, 0.2) is 11.0 Å². The summed E-state index contributed by atoms with van der Waals surface area (Å²) in [7, 11) is 1.96. The minimum Gasteiger partial charge on any atom is -0.422 e. The molecule has 142 valence electrons. The van der Waals surface area contributed by atoms with Crippen LogP contribution in [-0.2, 0) is 12.8 Å². The van der Waals surface area contributed by atoms with Gasteiger partial charge in [-0.05, 0) is 37.5 Å². The molecule has 6 heteroatoms. The van der Waals surface area contributed by atoms with Crippen LogP contribution in [0.1, 0.15) is 22.3 Å². The minimum absolute atomic E-state index is 0.324. The normalized spacial score (nSPS) is 11.3. The van der Waals surface area contributed by atoms with Gasteiger partial charge < -0.3 is 8.98 Å². The van der Waals surface area contributed by atoms with Crippen LogP contribution in [0.4, 0.5) is 0 Å². The number of aryl methyl sites for hydroxylation is 3. The zero-order valence-corrected chi connectivity index (χ0v) is 17.1. The van der Waals surface area contributed by atoms with E-state index in [1.165, 1.54) is 5.56 Å². The van der Waals surface area contributed by atoms with Crippen molar-refractivity contribution in [2.75, 3.05) is 0 Å². The zero-order chi connectivity index (χ0) is 19.8. The van der Waals surface area contributed by atoms with Gasteiger partial charge in [-0.25, -0.2) is 4.79 Å². The lowest BCUT2D eigenvalue weighted by molar-refractivity contribution is 0.557. The van der Waals surface area contributed by atoms with E-state index >= 15 is 0 Å². The van der Waals surface area contributed by atoms with Gasteiger partial charge in [0.2, 0.25) is 0 Å². The number of thioether (sulfide) groups is 1. The maximum Gasteiger partial charge on any atom is 0.336 e. The molecule has 0 unspecified atom stereocenters. The van der Waals surface area contributed by atoms with Crippen LogP contribution >= 0.6 is 11.8 Å². The number of fused-ring (bicyclic) bond motifs is 1. The molecule has 0 fully saturated rings. The summed E-state index contributed by atoms with van der Waals surface area (Å²) in [6.07, 6.45) is 0. The van der Waals surface area contributed by atoms with Crippen LogP contribution in [0.15, 0.2) is 56.8 Å². The van der Waals surface area contributed by atoms with Crippen molar-refractivity contribution >= 4 is 22.7 Å². The average molecular weight is 391 g/mol. The van der Waals surface area contributed by atoms with Crippen LogP contribution in [0, 0.1) is 20.8 Å². The molecule has 0 radical (unpaired) electrons. The van der Waals surface area contributed by atoms with E-state index in [0.717, 1.165) is 38.6 Å². The molecule has 0 atom stereocenters. The number of nitrogens with zero attached hydrogens (tertiary/aromatic N) is 3. The van der Waals surface area contributed by atoms with Gasteiger partial charge >= 0.3 is 5.63 Å². The molecule has 4 aromatic rings. The standard InChI is InChI=1S/C22H21N3O2S/c1-13-5-8-16(9-6-13)21-23-24-22(25(21)4)28-12-17-11-19(26)27-20-15(3)14(2)7-10-18(17)20/h5-11H,12H2,1-4H3. The molecule has 28 heavy (non-hydrogen) atoms. The second-order valence-corrected chi connectivity index (χ2v) is 7.94. The Hall–Kier alpha value is -2.86. The van der Waals surface area contributed by atoms with Gasteiger partial charge in [-0.2, -0.15) is 0 Å². The Morgan fingerprint density at radius 3 is 2.54 bits per heavy atom. The van der Waals surface area contributed by atoms with Crippen LogP contribution in [0.5, 0.6) is 0 Å². The van der Waals surface area contributed by atoms with Gasteiger partial charge in [-0.1, -0.05) is 53.7 Å². The smallest absolute Gasteiger partial charge is 0.336 e. The first-order valence-electron chi connectivity index (χ1n) is 9.06. The molecule has 0 bridgehead atoms. The summed E-state index contributed by atoms with van der Waals surface area (Å²) in [4.78, 5) is 12.1. The third kappa shape index (κ3) is 3.36. The summed E-state index contributed by atoms with van der Waals surface area (Å²) in [6.45, 7) is 6.06. The van der Waals surface area contributed by atoms with Crippen molar-refractivity contribution in [2.45, 2.75) is 31.7 Å². The molecule has 5 nitrogen and oxygen atoms in total. The average Bonchev–Trinajstić information content (AvgIpc) is 3.04. The summed E-state index contributed by atoms with van der Waals surface area (Å²) in [5.74, 6) is 1.44. The fraction of sp³-hybridized carbons (Fsp3) is 0.227. The van der Waals surface area contributed by atoms with Crippen LogP contribution < -0.4 is 5.63 Å². The molecule has 2 aromatic heterocycles. The highest BCUT2D eigenvalue weighted by atomic mass is 32.2. The molecule has 2 aromatic carbocycles. The molecular formula is C22H21N3O2S. The number of hydrogen-bond acceptors (Lipinski definition) is 5. The molecule has 0 aliphatic carbocycles. The Bertz CT molecular complexity index is 1220. The highest BCUT2D eigenvalue weighted by Crippen LogP contribution is 2.29. The van der Waals surface area contributed by atoms with Crippen molar-refractivity contribution in [1.82, 2.24) is 14.8 Å². The van der Waals surface area contributed by atoms with E-state index in [0.29, 0.717) is 11.3 Å². The van der Waals surface area contributed by atoms with Crippen LogP contribution in [0.3, 0.4) is 0 Å². The van der Waals surface area contributed by atoms with Crippen molar-refractivity contribution < 1.29 is 4.42 Å². The van der Waals surface area contributed by atoms with Crippen molar-refractivity contribution in [2.24, 2.45) is 7.05 Å². The van der Waals surface area contributed by atoms with E-state index in [4.69, 9.17) is 4.42 Å². The maximum absolute atomic E-state index is 12.1. The Balaban J connectivity index is 1.65. The van der Waals surface area contributed by atoms with Gasteiger partial charge in [-0.15, -0.1) is 10.2 Å². The fourth-order valence-electron chi connectivity index (χ4n) is 3.18. The second-order valence-electron chi connectivity index (χ2n) is 6.99. The van der Waals surface area contributed by atoms with E-state index in [1.807, 2.05) is 31.5 Å². The Labute approximate surface area is 167 Å². The Morgan fingerprint density at radius 1 is 1.04 bits per heavy atom. The van der Waals surface area contributed by atoms with Gasteiger partial charge in [0.05, 0.1) is 0 Å². The number of hydrogen-bond donors (Lipinski definition) is 0. The molecule has 0 saturated carbocycles. The second kappa shape index (κ2) is 7.28. The quantitative estimate of drug-likeness (QED) is 0.369. The van der Waals surface area contributed by atoms with Crippen LogP contribution in [0.2, 0.25) is 0 Å². The first-order chi connectivity index (χ1) is 13.4. The molecule has 0 aliphatic rings. The van der Waals surface area contributed by atoms with Gasteiger partial charge in [0, 0.05) is 29.8 Å². The van der Waals surface area contributed by atoms with E-state index in [-0.39, 0.29) is 5.63 Å². The van der Waals surface area contributed by atoms with Gasteiger partial charge in [-0.3, -0.25) is 0 Å².